The van der Waals surface area contributed by atoms with Gasteiger partial charge in [-0.25, -0.2) is 0 Å². The number of aliphatic hydroxyl groups is 1. The molecule has 0 fully saturated rings. The molecule has 0 bridgehead atoms. The van der Waals surface area contributed by atoms with Crippen LogP contribution in [0.5, 0.6) is 0 Å². The highest BCUT2D eigenvalue weighted by Crippen LogP contribution is 1.84. The molecule has 10 N–H and O–H groups in total. The van der Waals surface area contributed by atoms with E-state index in [-0.39, 0.29) is 13.0 Å². The van der Waals surface area contributed by atoms with E-state index in [9.17, 15) is 14.4 Å². The first-order chi connectivity index (χ1) is 7.22. The van der Waals surface area contributed by atoms with Gasteiger partial charge >= 0.3 is 5.97 Å². The van der Waals surface area contributed by atoms with Crippen molar-refractivity contribution < 1.29 is 24.6 Å². The first-order valence-corrected chi connectivity index (χ1v) is 4.14. The van der Waals surface area contributed by atoms with E-state index in [1.54, 1.807) is 0 Å². The number of nitrogens with two attached hydrogens (primary N) is 4. The average Bonchev–Trinajstić information content (AvgIpc) is 2.16. The van der Waals surface area contributed by atoms with E-state index < -0.39 is 29.9 Å². The van der Waals surface area contributed by atoms with Gasteiger partial charge < -0.3 is 33.1 Å². The van der Waals surface area contributed by atoms with Crippen LogP contribution in [-0.2, 0) is 14.4 Å². The summed E-state index contributed by atoms with van der Waals surface area (Å²) < 4.78 is 0. The molecule has 0 rings (SSSR count). The van der Waals surface area contributed by atoms with Gasteiger partial charge in [0.1, 0.15) is 12.1 Å². The molecule has 2 unspecified atom stereocenters. The lowest BCUT2D eigenvalue weighted by atomic mass is 10.2. The molecule has 0 aliphatic heterocycles. The summed E-state index contributed by atoms with van der Waals surface area (Å²) in [4.78, 5) is 29.8. The Bertz CT molecular complexity index is 257. The third kappa shape index (κ3) is 10.4. The quantitative estimate of drug-likeness (QED) is 0.280. The predicted octanol–water partition coefficient (Wildman–Crippen LogP) is -3.93. The first-order valence-electron chi connectivity index (χ1n) is 4.14. The highest BCUT2D eigenvalue weighted by Gasteiger charge is 2.13. The average molecular weight is 236 g/mol. The van der Waals surface area contributed by atoms with Crippen molar-refractivity contribution in [2.45, 2.75) is 18.5 Å². The fourth-order valence-electron chi connectivity index (χ4n) is 0.394. The summed E-state index contributed by atoms with van der Waals surface area (Å²) in [5.41, 5.74) is 19.1. The van der Waals surface area contributed by atoms with E-state index in [2.05, 4.69) is 11.5 Å². The molecule has 0 spiro atoms. The van der Waals surface area contributed by atoms with Crippen LogP contribution in [0.25, 0.3) is 0 Å². The number of hydrogen-bond donors (Lipinski definition) is 6. The Labute approximate surface area is 91.4 Å². The molecule has 0 aromatic rings. The molecule has 0 aromatic heterocycles. The van der Waals surface area contributed by atoms with Gasteiger partial charge in [0.15, 0.2) is 0 Å². The minimum Gasteiger partial charge on any atom is -0.480 e. The zero-order valence-electron chi connectivity index (χ0n) is 8.50. The van der Waals surface area contributed by atoms with Gasteiger partial charge in [-0.15, -0.1) is 0 Å². The number of carbonyl (C=O) groups is 3. The summed E-state index contributed by atoms with van der Waals surface area (Å²) in [6.07, 6.45) is -0.310. The Morgan fingerprint density at radius 1 is 1.06 bits per heavy atom. The molecule has 0 radical (unpaired) electrons. The van der Waals surface area contributed by atoms with Crippen LogP contribution in [0, 0.1) is 0 Å². The summed E-state index contributed by atoms with van der Waals surface area (Å²) in [6, 6.07) is -2.07. The second kappa shape index (κ2) is 8.59. The van der Waals surface area contributed by atoms with Gasteiger partial charge in [-0.1, -0.05) is 0 Å². The number of carbonyl (C=O) groups excluding carboxylic acids is 2. The normalized spacial score (nSPS) is 12.9. The molecule has 0 aliphatic rings. The molecule has 2 amide bonds. The van der Waals surface area contributed by atoms with Crippen LogP contribution in [0.1, 0.15) is 6.42 Å². The third-order valence-corrected chi connectivity index (χ3v) is 1.30. The SMILES string of the molecule is NC(=O)C(N)CO.NC(=O)CC(N)C(=O)O. The number of rotatable bonds is 5. The molecule has 16 heavy (non-hydrogen) atoms. The largest absolute Gasteiger partial charge is 0.480 e. The fourth-order valence-corrected chi connectivity index (χ4v) is 0.394. The van der Waals surface area contributed by atoms with Gasteiger partial charge in [-0.05, 0) is 0 Å². The van der Waals surface area contributed by atoms with Crippen molar-refractivity contribution in [1.29, 1.82) is 0 Å². The fraction of sp³-hybridized carbons (Fsp3) is 0.571. The van der Waals surface area contributed by atoms with E-state index in [0.29, 0.717) is 0 Å². The van der Waals surface area contributed by atoms with Crippen LogP contribution in [-0.4, -0.2) is 46.7 Å². The molecule has 0 saturated carbocycles. The van der Waals surface area contributed by atoms with E-state index in [4.69, 9.17) is 21.7 Å². The lowest BCUT2D eigenvalue weighted by molar-refractivity contribution is -0.140. The number of aliphatic carboxylic acids is 1. The maximum atomic E-state index is 9.99. The lowest BCUT2D eigenvalue weighted by Crippen LogP contribution is -2.39. The number of carboxylic acids is 1. The monoisotopic (exact) mass is 236 g/mol. The highest BCUT2D eigenvalue weighted by molar-refractivity contribution is 5.83. The molecule has 9 heteroatoms. The number of primary amides is 2. The number of carboxylic acid groups (broad SMARTS) is 1. The number of aliphatic hydroxyl groups excluding tert-OH is 1. The summed E-state index contributed by atoms with van der Waals surface area (Å²) in [5.74, 6) is -2.60. The van der Waals surface area contributed by atoms with E-state index in [1.807, 2.05) is 0 Å². The van der Waals surface area contributed by atoms with Crippen molar-refractivity contribution in [1.82, 2.24) is 0 Å². The van der Waals surface area contributed by atoms with Crippen LogP contribution in [0.2, 0.25) is 0 Å². The van der Waals surface area contributed by atoms with Gasteiger partial charge in [-0.3, -0.25) is 14.4 Å². The van der Waals surface area contributed by atoms with Crippen molar-refractivity contribution >= 4 is 17.8 Å². The Morgan fingerprint density at radius 2 is 1.50 bits per heavy atom. The number of amides is 2. The molecule has 0 aliphatic carbocycles. The second-order valence-corrected chi connectivity index (χ2v) is 2.81. The lowest BCUT2D eigenvalue weighted by Gasteiger charge is -1.99. The first kappa shape index (κ1) is 16.7. The Morgan fingerprint density at radius 3 is 1.56 bits per heavy atom. The zero-order valence-corrected chi connectivity index (χ0v) is 8.50. The van der Waals surface area contributed by atoms with Crippen LogP contribution in [0.3, 0.4) is 0 Å². The Kier molecular flexibility index (Phi) is 8.97. The van der Waals surface area contributed by atoms with Gasteiger partial charge in [0.25, 0.3) is 0 Å². The third-order valence-electron chi connectivity index (χ3n) is 1.30. The molecule has 0 aromatic carbocycles. The van der Waals surface area contributed by atoms with Crippen molar-refractivity contribution in [2.75, 3.05) is 6.61 Å². The minimum atomic E-state index is -1.21. The zero-order chi connectivity index (χ0) is 13.3. The summed E-state index contributed by atoms with van der Waals surface area (Å²) in [7, 11) is 0. The molecular weight excluding hydrogens is 220 g/mol. The van der Waals surface area contributed by atoms with Crippen LogP contribution < -0.4 is 22.9 Å². The molecule has 0 saturated heterocycles. The number of hydrogen-bond acceptors (Lipinski definition) is 6. The van der Waals surface area contributed by atoms with Crippen molar-refractivity contribution in [2.24, 2.45) is 22.9 Å². The highest BCUT2D eigenvalue weighted by atomic mass is 16.4. The van der Waals surface area contributed by atoms with Gasteiger partial charge in [0.05, 0.1) is 13.0 Å². The summed E-state index contributed by atoms with van der Waals surface area (Å²) in [6.45, 7) is -0.380. The predicted molar refractivity (Wildman–Crippen MR) is 53.7 cm³/mol. The standard InChI is InChI=1S/C4H8N2O3.C3H8N2O2/c5-2(4(8)9)1-3(6)7;4-2(1-6)3(5)7/h2H,1,5H2,(H2,6,7)(H,8,9);2,6H,1,4H2,(H2,5,7). The van der Waals surface area contributed by atoms with Gasteiger partial charge in [0.2, 0.25) is 11.8 Å². The summed E-state index contributed by atoms with van der Waals surface area (Å²) >= 11 is 0. The van der Waals surface area contributed by atoms with Gasteiger partial charge in [-0.2, -0.15) is 0 Å². The van der Waals surface area contributed by atoms with Gasteiger partial charge in [0, 0.05) is 0 Å². The van der Waals surface area contributed by atoms with E-state index in [1.165, 1.54) is 0 Å². The van der Waals surface area contributed by atoms with Crippen LogP contribution >= 0.6 is 0 Å². The Hall–Kier alpha value is -1.71. The Balaban J connectivity index is 0. The smallest absolute Gasteiger partial charge is 0.321 e. The topological polar surface area (TPSA) is 196 Å². The summed E-state index contributed by atoms with van der Waals surface area (Å²) in [5, 5.41) is 16.2. The minimum absolute atomic E-state index is 0.310. The molecule has 2 atom stereocenters. The van der Waals surface area contributed by atoms with Crippen molar-refractivity contribution in [3.63, 3.8) is 0 Å². The molecule has 94 valence electrons. The second-order valence-electron chi connectivity index (χ2n) is 2.81. The molecule has 9 nitrogen and oxygen atoms in total. The molecule has 0 heterocycles. The maximum Gasteiger partial charge on any atom is 0.321 e. The maximum absolute atomic E-state index is 9.99. The molecular formula is C7H16N4O5. The van der Waals surface area contributed by atoms with E-state index in [0.717, 1.165) is 0 Å². The van der Waals surface area contributed by atoms with Crippen molar-refractivity contribution in [3.05, 3.63) is 0 Å². The van der Waals surface area contributed by atoms with E-state index >= 15 is 0 Å². The van der Waals surface area contributed by atoms with Crippen LogP contribution in [0.15, 0.2) is 0 Å². The van der Waals surface area contributed by atoms with Crippen LogP contribution in [0.4, 0.5) is 0 Å². The van der Waals surface area contributed by atoms with Crippen molar-refractivity contribution in [3.8, 4) is 0 Å².